The standard InChI is InChI=1S/C14H23NO4S/c1-9-6-13(19-5)7-10(2)14(9)20(17,18)15-11(3)8-12(4)16/h6-7,11-12,15-16H,8H2,1-5H3. The summed E-state index contributed by atoms with van der Waals surface area (Å²) in [5, 5.41) is 9.32. The molecule has 1 aromatic carbocycles. The summed E-state index contributed by atoms with van der Waals surface area (Å²) in [5.74, 6) is 0.635. The maximum atomic E-state index is 12.4. The normalized spacial score (nSPS) is 14.9. The quantitative estimate of drug-likeness (QED) is 0.839. The Bertz CT molecular complexity index is 544. The highest BCUT2D eigenvalue weighted by atomic mass is 32.2. The molecular weight excluding hydrogens is 278 g/mol. The van der Waals surface area contributed by atoms with Gasteiger partial charge in [-0.1, -0.05) is 0 Å². The van der Waals surface area contributed by atoms with Gasteiger partial charge in [-0.3, -0.25) is 0 Å². The molecular formula is C14H23NO4S. The van der Waals surface area contributed by atoms with Gasteiger partial charge in [0.05, 0.1) is 18.1 Å². The van der Waals surface area contributed by atoms with E-state index in [2.05, 4.69) is 4.72 Å². The van der Waals surface area contributed by atoms with Gasteiger partial charge in [0.1, 0.15) is 5.75 Å². The topological polar surface area (TPSA) is 75.6 Å². The first-order valence-corrected chi connectivity index (χ1v) is 8.01. The Morgan fingerprint density at radius 2 is 1.75 bits per heavy atom. The van der Waals surface area contributed by atoms with Crippen molar-refractivity contribution in [3.63, 3.8) is 0 Å². The van der Waals surface area contributed by atoms with E-state index in [1.807, 2.05) is 0 Å². The lowest BCUT2D eigenvalue weighted by Crippen LogP contribution is -2.35. The zero-order valence-electron chi connectivity index (χ0n) is 12.6. The van der Waals surface area contributed by atoms with Crippen LogP contribution in [0.3, 0.4) is 0 Å². The van der Waals surface area contributed by atoms with E-state index < -0.39 is 16.1 Å². The van der Waals surface area contributed by atoms with E-state index in [0.717, 1.165) is 0 Å². The largest absolute Gasteiger partial charge is 0.497 e. The van der Waals surface area contributed by atoms with Crippen LogP contribution >= 0.6 is 0 Å². The fourth-order valence-electron chi connectivity index (χ4n) is 2.34. The van der Waals surface area contributed by atoms with Crippen molar-refractivity contribution in [3.8, 4) is 5.75 Å². The number of sulfonamides is 1. The molecule has 0 fully saturated rings. The number of ether oxygens (including phenoxy) is 1. The number of aliphatic hydroxyl groups is 1. The Morgan fingerprint density at radius 1 is 1.25 bits per heavy atom. The molecule has 6 heteroatoms. The van der Waals surface area contributed by atoms with Crippen LogP contribution in [0.5, 0.6) is 5.75 Å². The summed E-state index contributed by atoms with van der Waals surface area (Å²) in [6.07, 6.45) is -0.182. The number of hydrogen-bond donors (Lipinski definition) is 2. The highest BCUT2D eigenvalue weighted by Crippen LogP contribution is 2.25. The Hall–Kier alpha value is -1.11. The van der Waals surface area contributed by atoms with Gasteiger partial charge in [-0.05, 0) is 57.4 Å². The second-order valence-electron chi connectivity index (χ2n) is 5.20. The summed E-state index contributed by atoms with van der Waals surface area (Å²) in [4.78, 5) is 0.274. The van der Waals surface area contributed by atoms with Gasteiger partial charge in [0, 0.05) is 6.04 Å². The van der Waals surface area contributed by atoms with Crippen molar-refractivity contribution in [2.45, 2.75) is 51.2 Å². The van der Waals surface area contributed by atoms with E-state index in [1.165, 1.54) is 0 Å². The molecule has 0 amide bonds. The third kappa shape index (κ3) is 4.19. The molecule has 1 aromatic rings. The molecule has 114 valence electrons. The van der Waals surface area contributed by atoms with E-state index in [4.69, 9.17) is 4.74 Å². The van der Waals surface area contributed by atoms with Crippen LogP contribution in [-0.4, -0.2) is 32.8 Å². The minimum Gasteiger partial charge on any atom is -0.497 e. The number of nitrogens with one attached hydrogen (secondary N) is 1. The number of hydrogen-bond acceptors (Lipinski definition) is 4. The number of methoxy groups -OCH3 is 1. The molecule has 0 aliphatic rings. The Kier molecular flexibility index (Phi) is 5.56. The highest BCUT2D eigenvalue weighted by Gasteiger charge is 2.23. The number of aryl methyl sites for hydroxylation is 2. The van der Waals surface area contributed by atoms with E-state index in [9.17, 15) is 13.5 Å². The number of benzene rings is 1. The summed E-state index contributed by atoms with van der Waals surface area (Å²) in [5.41, 5.74) is 1.28. The second kappa shape index (κ2) is 6.56. The lowest BCUT2D eigenvalue weighted by atomic mass is 10.1. The smallest absolute Gasteiger partial charge is 0.241 e. The molecule has 1 rings (SSSR count). The molecule has 0 aliphatic heterocycles. The Morgan fingerprint density at radius 3 is 2.15 bits per heavy atom. The zero-order chi connectivity index (χ0) is 15.5. The second-order valence-corrected chi connectivity index (χ2v) is 6.85. The minimum atomic E-state index is -3.61. The third-order valence-corrected chi connectivity index (χ3v) is 4.88. The van der Waals surface area contributed by atoms with Gasteiger partial charge in [-0.15, -0.1) is 0 Å². The van der Waals surface area contributed by atoms with Crippen LogP contribution in [0.1, 0.15) is 31.4 Å². The lowest BCUT2D eigenvalue weighted by molar-refractivity contribution is 0.175. The highest BCUT2D eigenvalue weighted by molar-refractivity contribution is 7.89. The molecule has 0 aromatic heterocycles. The number of rotatable bonds is 6. The fourth-order valence-corrected chi connectivity index (χ4v) is 4.05. The van der Waals surface area contributed by atoms with Crippen molar-refractivity contribution in [1.82, 2.24) is 4.72 Å². The summed E-state index contributed by atoms with van der Waals surface area (Å²) >= 11 is 0. The van der Waals surface area contributed by atoms with Crippen LogP contribution in [-0.2, 0) is 10.0 Å². The maximum Gasteiger partial charge on any atom is 0.241 e. The molecule has 2 atom stereocenters. The van der Waals surface area contributed by atoms with Crippen molar-refractivity contribution in [1.29, 1.82) is 0 Å². The molecule has 2 N–H and O–H groups in total. The average Bonchev–Trinajstić information content (AvgIpc) is 2.24. The predicted octanol–water partition coefficient (Wildman–Crippen LogP) is 1.75. The van der Waals surface area contributed by atoms with Crippen LogP contribution in [0.4, 0.5) is 0 Å². The van der Waals surface area contributed by atoms with Crippen LogP contribution < -0.4 is 9.46 Å². The van der Waals surface area contributed by atoms with E-state index in [-0.39, 0.29) is 10.9 Å². The zero-order valence-corrected chi connectivity index (χ0v) is 13.4. The van der Waals surface area contributed by atoms with Gasteiger partial charge in [0.15, 0.2) is 0 Å². The first-order valence-electron chi connectivity index (χ1n) is 6.53. The van der Waals surface area contributed by atoms with Gasteiger partial charge < -0.3 is 9.84 Å². The molecule has 0 aliphatic carbocycles. The summed E-state index contributed by atoms with van der Waals surface area (Å²) in [6, 6.07) is 3.06. The molecule has 5 nitrogen and oxygen atoms in total. The van der Waals surface area contributed by atoms with Crippen molar-refractivity contribution in [2.75, 3.05) is 7.11 Å². The Labute approximate surface area is 121 Å². The van der Waals surface area contributed by atoms with Crippen LogP contribution in [0.2, 0.25) is 0 Å². The summed E-state index contributed by atoms with van der Waals surface area (Å²) < 4.78 is 32.6. The van der Waals surface area contributed by atoms with Crippen molar-refractivity contribution >= 4 is 10.0 Å². The van der Waals surface area contributed by atoms with E-state index in [1.54, 1.807) is 46.9 Å². The Balaban J connectivity index is 3.10. The maximum absolute atomic E-state index is 12.4. The molecule has 0 saturated carbocycles. The molecule has 0 bridgehead atoms. The van der Waals surface area contributed by atoms with E-state index in [0.29, 0.717) is 23.3 Å². The number of aliphatic hydroxyl groups excluding tert-OH is 1. The van der Waals surface area contributed by atoms with Gasteiger partial charge in [0.25, 0.3) is 0 Å². The van der Waals surface area contributed by atoms with Crippen molar-refractivity contribution < 1.29 is 18.3 Å². The van der Waals surface area contributed by atoms with Crippen molar-refractivity contribution in [2.24, 2.45) is 0 Å². The average molecular weight is 301 g/mol. The molecule has 2 unspecified atom stereocenters. The molecule has 0 spiro atoms. The molecule has 0 saturated heterocycles. The SMILES string of the molecule is COc1cc(C)c(S(=O)(=O)NC(C)CC(C)O)c(C)c1. The van der Waals surface area contributed by atoms with Crippen molar-refractivity contribution in [3.05, 3.63) is 23.3 Å². The minimum absolute atomic E-state index is 0.274. The van der Waals surface area contributed by atoms with Crippen LogP contribution in [0, 0.1) is 13.8 Å². The van der Waals surface area contributed by atoms with E-state index >= 15 is 0 Å². The van der Waals surface area contributed by atoms with Gasteiger partial charge in [0.2, 0.25) is 10.0 Å². The summed E-state index contributed by atoms with van der Waals surface area (Å²) in [6.45, 7) is 6.85. The monoisotopic (exact) mass is 301 g/mol. The van der Waals surface area contributed by atoms with Crippen LogP contribution in [0.15, 0.2) is 17.0 Å². The fraction of sp³-hybridized carbons (Fsp3) is 0.571. The molecule has 20 heavy (non-hydrogen) atoms. The molecule has 0 heterocycles. The van der Waals surface area contributed by atoms with Crippen LogP contribution in [0.25, 0.3) is 0 Å². The first-order chi connectivity index (χ1) is 9.17. The first kappa shape index (κ1) is 16.9. The molecule has 0 radical (unpaired) electrons. The lowest BCUT2D eigenvalue weighted by Gasteiger charge is -2.18. The van der Waals surface area contributed by atoms with Gasteiger partial charge in [-0.2, -0.15) is 0 Å². The van der Waals surface area contributed by atoms with Gasteiger partial charge in [-0.25, -0.2) is 13.1 Å². The van der Waals surface area contributed by atoms with Gasteiger partial charge >= 0.3 is 0 Å². The summed E-state index contributed by atoms with van der Waals surface area (Å²) in [7, 11) is -2.06. The predicted molar refractivity (Wildman–Crippen MR) is 78.5 cm³/mol. The third-order valence-electron chi connectivity index (χ3n) is 2.99.